The number of para-hydroxylation sites is 1. The van der Waals surface area contributed by atoms with Crippen molar-refractivity contribution in [3.8, 4) is 11.8 Å². The van der Waals surface area contributed by atoms with Crippen molar-refractivity contribution in [2.24, 2.45) is 0 Å². The molecule has 0 spiro atoms. The molecular weight excluding hydrogens is 560 g/mol. The van der Waals surface area contributed by atoms with E-state index in [4.69, 9.17) is 9.47 Å². The van der Waals surface area contributed by atoms with Crippen LogP contribution in [0.2, 0.25) is 0 Å². The van der Waals surface area contributed by atoms with Gasteiger partial charge in [-0.25, -0.2) is 9.78 Å². The standard InChI is InChI=1S/C29H34N6O8/c1-2-42-29(41)34-14-12-33(13-15-34)28(40)22(9-10-26(37)38)32-27(39)23-16-24(20-7-3-4-8-21(20)31-23)43-18-25(36)35-11-5-6-19(35)17-30/h3-4,7-8,16,19,22H,2,5-6,9-15,18H2,1H3,(H,32,39)(H,37,38)/t19-,22-/m0/s1. The maximum absolute atomic E-state index is 13.4. The van der Waals surface area contributed by atoms with Crippen molar-refractivity contribution in [3.05, 3.63) is 36.0 Å². The first-order valence-corrected chi connectivity index (χ1v) is 14.2. The van der Waals surface area contributed by atoms with E-state index in [1.165, 1.54) is 20.8 Å². The van der Waals surface area contributed by atoms with Crippen LogP contribution in [0, 0.1) is 11.3 Å². The summed E-state index contributed by atoms with van der Waals surface area (Å²) in [6, 6.07) is 8.71. The number of nitriles is 1. The molecule has 1 aromatic heterocycles. The summed E-state index contributed by atoms with van der Waals surface area (Å²) in [7, 11) is 0. The molecule has 2 aromatic rings. The maximum atomic E-state index is 13.4. The number of likely N-dealkylation sites (tertiary alicyclic amines) is 1. The van der Waals surface area contributed by atoms with Crippen LogP contribution in [0.3, 0.4) is 0 Å². The number of piperazine rings is 1. The molecule has 228 valence electrons. The summed E-state index contributed by atoms with van der Waals surface area (Å²) < 4.78 is 10.8. The van der Waals surface area contributed by atoms with Gasteiger partial charge in [0.05, 0.1) is 18.2 Å². The second kappa shape index (κ2) is 14.3. The summed E-state index contributed by atoms with van der Waals surface area (Å²) in [5.74, 6) is -2.45. The molecule has 2 aliphatic rings. The zero-order valence-electron chi connectivity index (χ0n) is 23.9. The molecule has 1 aromatic carbocycles. The SMILES string of the molecule is CCOC(=O)N1CCN(C(=O)[C@H](CCC(=O)O)NC(=O)c2cc(OCC(=O)N3CCC[C@H]3C#N)c3ccccc3n2)CC1. The molecule has 0 unspecified atom stereocenters. The summed E-state index contributed by atoms with van der Waals surface area (Å²) in [4.78, 5) is 71.7. The second-order valence-corrected chi connectivity index (χ2v) is 10.2. The summed E-state index contributed by atoms with van der Waals surface area (Å²) in [5.41, 5.74) is 0.328. The molecule has 0 saturated carbocycles. The molecule has 3 heterocycles. The Morgan fingerprint density at radius 1 is 1.12 bits per heavy atom. The van der Waals surface area contributed by atoms with E-state index >= 15 is 0 Å². The monoisotopic (exact) mass is 594 g/mol. The lowest BCUT2D eigenvalue weighted by atomic mass is 10.1. The van der Waals surface area contributed by atoms with Gasteiger partial charge in [-0.2, -0.15) is 5.26 Å². The predicted molar refractivity (Wildman–Crippen MR) is 151 cm³/mol. The zero-order chi connectivity index (χ0) is 30.9. The van der Waals surface area contributed by atoms with E-state index in [1.54, 1.807) is 31.2 Å². The van der Waals surface area contributed by atoms with Crippen molar-refractivity contribution in [1.29, 1.82) is 5.26 Å². The van der Waals surface area contributed by atoms with Crippen molar-refractivity contribution in [3.63, 3.8) is 0 Å². The first kappa shape index (κ1) is 31.0. The van der Waals surface area contributed by atoms with Gasteiger partial charge in [-0.15, -0.1) is 0 Å². The number of nitrogens with zero attached hydrogens (tertiary/aromatic N) is 5. The first-order valence-electron chi connectivity index (χ1n) is 14.2. The Morgan fingerprint density at radius 2 is 1.84 bits per heavy atom. The van der Waals surface area contributed by atoms with Crippen LogP contribution < -0.4 is 10.1 Å². The molecule has 2 N–H and O–H groups in total. The van der Waals surface area contributed by atoms with Crippen LogP contribution >= 0.6 is 0 Å². The fourth-order valence-electron chi connectivity index (χ4n) is 5.10. The van der Waals surface area contributed by atoms with Crippen molar-refractivity contribution in [2.45, 2.75) is 44.7 Å². The molecule has 0 radical (unpaired) electrons. The minimum absolute atomic E-state index is 0.0857. The van der Waals surface area contributed by atoms with Gasteiger partial charge in [0.25, 0.3) is 11.8 Å². The van der Waals surface area contributed by atoms with E-state index in [2.05, 4.69) is 16.4 Å². The average molecular weight is 595 g/mol. The Kier molecular flexibility index (Phi) is 10.3. The number of benzene rings is 1. The number of carbonyl (C=O) groups is 5. The second-order valence-electron chi connectivity index (χ2n) is 10.2. The number of carbonyl (C=O) groups excluding carboxylic acids is 4. The van der Waals surface area contributed by atoms with Crippen LogP contribution in [0.5, 0.6) is 5.75 Å². The van der Waals surface area contributed by atoms with Crippen molar-refractivity contribution < 1.29 is 38.6 Å². The third kappa shape index (κ3) is 7.68. The van der Waals surface area contributed by atoms with Gasteiger partial charge in [-0.1, -0.05) is 12.1 Å². The van der Waals surface area contributed by atoms with E-state index in [-0.39, 0.29) is 69.6 Å². The van der Waals surface area contributed by atoms with Crippen LogP contribution in [0.15, 0.2) is 30.3 Å². The molecule has 4 amide bonds. The normalized spacial score (nSPS) is 17.2. The van der Waals surface area contributed by atoms with Crippen LogP contribution in [-0.2, 0) is 19.1 Å². The topological polar surface area (TPSA) is 182 Å². The van der Waals surface area contributed by atoms with Crippen LogP contribution in [0.25, 0.3) is 10.9 Å². The number of hydrogen-bond acceptors (Lipinski definition) is 9. The number of fused-ring (bicyclic) bond motifs is 1. The number of carboxylic acid groups (broad SMARTS) is 1. The highest BCUT2D eigenvalue weighted by molar-refractivity contribution is 5.99. The summed E-state index contributed by atoms with van der Waals surface area (Å²) in [5, 5.41) is 21.7. The third-order valence-corrected chi connectivity index (χ3v) is 7.35. The van der Waals surface area contributed by atoms with Crippen molar-refractivity contribution >= 4 is 40.7 Å². The molecule has 2 saturated heterocycles. The van der Waals surface area contributed by atoms with Gasteiger partial charge in [0.15, 0.2) is 6.61 Å². The lowest BCUT2D eigenvalue weighted by molar-refractivity contribution is -0.138. The Balaban J connectivity index is 1.49. The first-order chi connectivity index (χ1) is 20.7. The molecule has 0 aliphatic carbocycles. The highest BCUT2D eigenvalue weighted by Gasteiger charge is 2.32. The lowest BCUT2D eigenvalue weighted by Gasteiger charge is -2.35. The molecule has 2 fully saturated rings. The molecule has 0 bridgehead atoms. The van der Waals surface area contributed by atoms with Gasteiger partial charge in [-0.05, 0) is 38.3 Å². The van der Waals surface area contributed by atoms with Crippen LogP contribution in [0.4, 0.5) is 4.79 Å². The number of rotatable bonds is 10. The summed E-state index contributed by atoms with van der Waals surface area (Å²) in [6.45, 7) is 2.92. The number of amides is 4. The Bertz CT molecular complexity index is 1420. The van der Waals surface area contributed by atoms with E-state index in [1.807, 2.05) is 0 Å². The molecule has 2 aliphatic heterocycles. The van der Waals surface area contributed by atoms with Gasteiger partial charge in [0, 0.05) is 50.6 Å². The van der Waals surface area contributed by atoms with E-state index in [9.17, 15) is 34.3 Å². The Hall–Kier alpha value is -4.93. The lowest BCUT2D eigenvalue weighted by Crippen LogP contribution is -2.56. The highest BCUT2D eigenvalue weighted by atomic mass is 16.6. The third-order valence-electron chi connectivity index (χ3n) is 7.35. The van der Waals surface area contributed by atoms with Crippen LogP contribution in [0.1, 0.15) is 43.1 Å². The van der Waals surface area contributed by atoms with Gasteiger partial charge in [-0.3, -0.25) is 19.2 Å². The molecule has 14 nitrogen and oxygen atoms in total. The minimum atomic E-state index is -1.16. The number of pyridine rings is 1. The van der Waals surface area contributed by atoms with E-state index in [0.717, 1.165) is 6.42 Å². The van der Waals surface area contributed by atoms with Gasteiger partial charge < -0.3 is 34.6 Å². The average Bonchev–Trinajstić information content (AvgIpc) is 3.50. The number of aromatic nitrogens is 1. The predicted octanol–water partition coefficient (Wildman–Crippen LogP) is 1.39. The largest absolute Gasteiger partial charge is 0.483 e. The highest BCUT2D eigenvalue weighted by Crippen LogP contribution is 2.26. The fraction of sp³-hybridized carbons (Fsp3) is 0.483. The fourth-order valence-corrected chi connectivity index (χ4v) is 5.10. The maximum Gasteiger partial charge on any atom is 0.409 e. The quantitative estimate of drug-likeness (QED) is 0.408. The minimum Gasteiger partial charge on any atom is -0.483 e. The molecular formula is C29H34N6O8. The Morgan fingerprint density at radius 3 is 2.53 bits per heavy atom. The molecule has 4 rings (SSSR count). The van der Waals surface area contributed by atoms with E-state index < -0.39 is 36.0 Å². The number of hydrogen-bond donors (Lipinski definition) is 2. The smallest absolute Gasteiger partial charge is 0.409 e. The van der Waals surface area contributed by atoms with Crippen molar-refractivity contribution in [2.75, 3.05) is 45.9 Å². The molecule has 43 heavy (non-hydrogen) atoms. The zero-order valence-corrected chi connectivity index (χ0v) is 23.9. The van der Waals surface area contributed by atoms with E-state index in [0.29, 0.717) is 23.9 Å². The van der Waals surface area contributed by atoms with Crippen LogP contribution in [-0.4, -0.2) is 113 Å². The molecule has 14 heteroatoms. The number of aliphatic carboxylic acids is 1. The number of carboxylic acids is 1. The number of ether oxygens (including phenoxy) is 2. The van der Waals surface area contributed by atoms with Gasteiger partial charge in [0.2, 0.25) is 5.91 Å². The van der Waals surface area contributed by atoms with Gasteiger partial charge in [0.1, 0.15) is 23.5 Å². The van der Waals surface area contributed by atoms with Gasteiger partial charge >= 0.3 is 12.1 Å². The summed E-state index contributed by atoms with van der Waals surface area (Å²) in [6.07, 6.45) is 0.349. The summed E-state index contributed by atoms with van der Waals surface area (Å²) >= 11 is 0. The Labute approximate surface area is 248 Å². The number of nitrogens with one attached hydrogen (secondary N) is 1. The molecule has 2 atom stereocenters. The van der Waals surface area contributed by atoms with Crippen molar-refractivity contribution in [1.82, 2.24) is 25.0 Å².